The van der Waals surface area contributed by atoms with E-state index in [1.165, 1.54) is 18.4 Å². The molecule has 0 aromatic heterocycles. The number of nitrogens with one attached hydrogen (secondary N) is 1. The predicted octanol–water partition coefficient (Wildman–Crippen LogP) is 2.07. The summed E-state index contributed by atoms with van der Waals surface area (Å²) < 4.78 is 4.51. The highest BCUT2D eigenvalue weighted by molar-refractivity contribution is 8.18. The third kappa shape index (κ3) is 4.13. The number of rotatable bonds is 4. The van der Waals surface area contributed by atoms with Crippen LogP contribution < -0.4 is 10.2 Å². The van der Waals surface area contributed by atoms with Gasteiger partial charge in [0.15, 0.2) is 5.17 Å². The van der Waals surface area contributed by atoms with Crippen LogP contribution in [-0.2, 0) is 20.7 Å². The molecule has 0 unspecified atom stereocenters. The molecule has 7 nitrogen and oxygen atoms in total. The van der Waals surface area contributed by atoms with Crippen LogP contribution >= 0.6 is 11.8 Å². The monoisotopic (exact) mass is 372 g/mol. The van der Waals surface area contributed by atoms with Gasteiger partial charge < -0.3 is 9.64 Å². The molecular formula is C18H20N4O3S. The Labute approximate surface area is 156 Å². The maximum Gasteiger partial charge on any atom is 0.331 e. The van der Waals surface area contributed by atoms with E-state index in [4.69, 9.17) is 0 Å². The molecule has 3 rings (SSSR count). The molecule has 8 heteroatoms. The fourth-order valence-electron chi connectivity index (χ4n) is 2.89. The number of carbonyl (C=O) groups excluding carboxylic acids is 2. The number of fused-ring (bicyclic) bond motifs is 1. The molecule has 2 heterocycles. The summed E-state index contributed by atoms with van der Waals surface area (Å²) in [5.74, 6) is -0.967. The Hall–Kier alpha value is -2.61. The summed E-state index contributed by atoms with van der Waals surface area (Å²) in [6, 6.07) is 6.26. The minimum atomic E-state index is -0.581. The van der Waals surface area contributed by atoms with Crippen molar-refractivity contribution >= 4 is 40.7 Å². The molecule has 1 N–H and O–H groups in total. The molecule has 1 saturated heterocycles. The molecule has 1 amide bonds. The van der Waals surface area contributed by atoms with Crippen molar-refractivity contribution in [3.8, 4) is 0 Å². The molecule has 0 aliphatic carbocycles. The van der Waals surface area contributed by atoms with Gasteiger partial charge in [0.25, 0.3) is 5.91 Å². The van der Waals surface area contributed by atoms with Gasteiger partial charge in [-0.05, 0) is 54.8 Å². The van der Waals surface area contributed by atoms with Crippen molar-refractivity contribution in [2.24, 2.45) is 10.2 Å². The third-order valence-electron chi connectivity index (χ3n) is 4.16. The van der Waals surface area contributed by atoms with E-state index < -0.39 is 5.97 Å². The standard InChI is InChI=1S/C18H20N4O3S/c1-3-22-8-4-5-13-9-12(6-7-14(13)22)11-19-21-18-20-17(24)15(26-18)10-16(23)25-2/h6-7,9-11H,3-5,8H2,1-2H3,(H,20,21,24)/b15-10+,19-11?. The maximum absolute atomic E-state index is 11.7. The molecule has 1 aromatic carbocycles. The first-order chi connectivity index (χ1) is 12.6. The molecule has 1 aromatic rings. The van der Waals surface area contributed by atoms with Crippen molar-refractivity contribution in [1.82, 2.24) is 5.32 Å². The van der Waals surface area contributed by atoms with Gasteiger partial charge in [-0.2, -0.15) is 5.10 Å². The Bertz CT molecular complexity index is 817. The molecule has 2 aliphatic rings. The highest BCUT2D eigenvalue weighted by atomic mass is 32.2. The quantitative estimate of drug-likeness (QED) is 0.379. The molecule has 0 atom stereocenters. The number of anilines is 1. The minimum absolute atomic E-state index is 0.235. The summed E-state index contributed by atoms with van der Waals surface area (Å²) in [6.07, 6.45) is 5.01. The van der Waals surface area contributed by atoms with E-state index in [2.05, 4.69) is 44.2 Å². The lowest BCUT2D eigenvalue weighted by Gasteiger charge is -2.30. The minimum Gasteiger partial charge on any atom is -0.466 e. The van der Waals surface area contributed by atoms with Crippen LogP contribution in [0.25, 0.3) is 0 Å². The summed E-state index contributed by atoms with van der Waals surface area (Å²) in [7, 11) is 1.26. The number of nitrogens with zero attached hydrogens (tertiary/aromatic N) is 3. The van der Waals surface area contributed by atoms with Crippen molar-refractivity contribution in [2.75, 3.05) is 25.1 Å². The number of thioether (sulfide) groups is 1. The van der Waals surface area contributed by atoms with Gasteiger partial charge in [0.05, 0.1) is 18.2 Å². The topological polar surface area (TPSA) is 83.4 Å². The largest absolute Gasteiger partial charge is 0.466 e. The number of hydrogen-bond acceptors (Lipinski definition) is 7. The molecule has 0 radical (unpaired) electrons. The Morgan fingerprint density at radius 1 is 1.46 bits per heavy atom. The van der Waals surface area contributed by atoms with Crippen LogP contribution in [0, 0.1) is 0 Å². The zero-order valence-corrected chi connectivity index (χ0v) is 15.5. The van der Waals surface area contributed by atoms with Crippen LogP contribution in [0.3, 0.4) is 0 Å². The molecular weight excluding hydrogens is 352 g/mol. The van der Waals surface area contributed by atoms with E-state index >= 15 is 0 Å². The SMILES string of the molecule is CCN1CCCc2cc(C=N/N=C3/NC(=O)/C(=C\C(=O)OC)S3)ccc21. The summed E-state index contributed by atoms with van der Waals surface area (Å²) in [5, 5.41) is 11.0. The van der Waals surface area contributed by atoms with E-state index in [0.29, 0.717) is 5.17 Å². The van der Waals surface area contributed by atoms with Gasteiger partial charge in [-0.15, -0.1) is 5.10 Å². The smallest absolute Gasteiger partial charge is 0.331 e. The molecule has 2 aliphatic heterocycles. The van der Waals surface area contributed by atoms with Crippen molar-refractivity contribution < 1.29 is 14.3 Å². The van der Waals surface area contributed by atoms with E-state index in [1.807, 2.05) is 6.07 Å². The van der Waals surface area contributed by atoms with Gasteiger partial charge in [0.1, 0.15) is 0 Å². The average molecular weight is 372 g/mol. The van der Waals surface area contributed by atoms with Gasteiger partial charge in [0, 0.05) is 24.9 Å². The first-order valence-corrected chi connectivity index (χ1v) is 9.20. The van der Waals surface area contributed by atoms with E-state index in [1.54, 1.807) is 6.21 Å². The van der Waals surface area contributed by atoms with Gasteiger partial charge in [0.2, 0.25) is 0 Å². The number of amides is 1. The van der Waals surface area contributed by atoms with Crippen LogP contribution in [-0.4, -0.2) is 43.5 Å². The number of aryl methyl sites for hydroxylation is 1. The van der Waals surface area contributed by atoms with Gasteiger partial charge in [-0.3, -0.25) is 10.1 Å². The summed E-state index contributed by atoms with van der Waals surface area (Å²) in [6.45, 7) is 4.27. The lowest BCUT2D eigenvalue weighted by Crippen LogP contribution is -2.28. The van der Waals surface area contributed by atoms with Crippen molar-refractivity contribution in [3.05, 3.63) is 40.3 Å². The highest BCUT2D eigenvalue weighted by Gasteiger charge is 2.25. The second-order valence-electron chi connectivity index (χ2n) is 5.81. The van der Waals surface area contributed by atoms with E-state index in [9.17, 15) is 9.59 Å². The Kier molecular flexibility index (Phi) is 5.72. The lowest BCUT2D eigenvalue weighted by molar-refractivity contribution is -0.135. The number of carbonyl (C=O) groups is 2. The summed E-state index contributed by atoms with van der Waals surface area (Å²) in [4.78, 5) is 25.6. The van der Waals surface area contributed by atoms with Gasteiger partial charge >= 0.3 is 5.97 Å². The number of benzene rings is 1. The van der Waals surface area contributed by atoms with E-state index in [-0.39, 0.29) is 10.8 Å². The first-order valence-electron chi connectivity index (χ1n) is 8.38. The molecule has 0 saturated carbocycles. The number of methoxy groups -OCH3 is 1. The zero-order chi connectivity index (χ0) is 18.5. The molecule has 0 bridgehead atoms. The first kappa shape index (κ1) is 18.2. The Balaban J connectivity index is 1.69. The maximum atomic E-state index is 11.7. The normalized spacial score (nSPS) is 19.9. The molecule has 0 spiro atoms. The highest BCUT2D eigenvalue weighted by Crippen LogP contribution is 2.27. The number of hydrogen-bond donors (Lipinski definition) is 1. The Morgan fingerprint density at radius 3 is 3.08 bits per heavy atom. The van der Waals surface area contributed by atoms with Crippen LogP contribution in [0.15, 0.2) is 39.4 Å². The molecule has 136 valence electrons. The van der Waals surface area contributed by atoms with Crippen LogP contribution in [0.2, 0.25) is 0 Å². The van der Waals surface area contributed by atoms with E-state index in [0.717, 1.165) is 49.3 Å². The van der Waals surface area contributed by atoms with Crippen LogP contribution in [0.4, 0.5) is 5.69 Å². The number of esters is 1. The van der Waals surface area contributed by atoms with Crippen molar-refractivity contribution in [2.45, 2.75) is 19.8 Å². The van der Waals surface area contributed by atoms with Crippen LogP contribution in [0.1, 0.15) is 24.5 Å². The van der Waals surface area contributed by atoms with Gasteiger partial charge in [-0.1, -0.05) is 6.07 Å². The number of ether oxygens (including phenoxy) is 1. The fraction of sp³-hybridized carbons (Fsp3) is 0.333. The Morgan fingerprint density at radius 2 is 2.31 bits per heavy atom. The molecule has 1 fully saturated rings. The fourth-order valence-corrected chi connectivity index (χ4v) is 3.63. The number of amidine groups is 1. The second-order valence-corrected chi connectivity index (χ2v) is 6.84. The van der Waals surface area contributed by atoms with Crippen molar-refractivity contribution in [3.63, 3.8) is 0 Å². The predicted molar refractivity (Wildman–Crippen MR) is 104 cm³/mol. The lowest BCUT2D eigenvalue weighted by atomic mass is 9.99. The molecule has 26 heavy (non-hydrogen) atoms. The third-order valence-corrected chi connectivity index (χ3v) is 5.06. The van der Waals surface area contributed by atoms with Gasteiger partial charge in [-0.25, -0.2) is 4.79 Å². The van der Waals surface area contributed by atoms with Crippen molar-refractivity contribution in [1.29, 1.82) is 0 Å². The summed E-state index contributed by atoms with van der Waals surface area (Å²) >= 11 is 1.05. The zero-order valence-electron chi connectivity index (χ0n) is 14.7. The van der Waals surface area contributed by atoms with Crippen LogP contribution in [0.5, 0.6) is 0 Å². The summed E-state index contributed by atoms with van der Waals surface area (Å²) in [5.41, 5.74) is 3.57. The second kappa shape index (κ2) is 8.18. The average Bonchev–Trinajstić information content (AvgIpc) is 3.00.